The Morgan fingerprint density at radius 3 is 2.36 bits per heavy atom. The molecule has 0 saturated heterocycles. The highest BCUT2D eigenvalue weighted by atomic mass is 32.1. The highest BCUT2D eigenvalue weighted by molar-refractivity contribution is 7.62. The van der Waals surface area contributed by atoms with Crippen molar-refractivity contribution in [2.45, 2.75) is 19.3 Å². The van der Waals surface area contributed by atoms with Crippen LogP contribution >= 0.6 is 18.9 Å². The summed E-state index contributed by atoms with van der Waals surface area (Å²) in [5.74, 6) is -0.310. The number of fused-ring (bicyclic) bond motifs is 1. The van der Waals surface area contributed by atoms with Crippen molar-refractivity contribution in [1.82, 2.24) is 0 Å². The van der Waals surface area contributed by atoms with Gasteiger partial charge >= 0.3 is 5.97 Å². The lowest BCUT2D eigenvalue weighted by molar-refractivity contribution is 0.0600. The lowest BCUT2D eigenvalue weighted by Crippen LogP contribution is -2.00. The molecule has 1 aliphatic rings. The first-order chi connectivity index (χ1) is 16.2. The largest absolute Gasteiger partial charge is 0.487 e. The van der Waals surface area contributed by atoms with E-state index >= 15 is 0 Å². The zero-order valence-electron chi connectivity index (χ0n) is 18.7. The van der Waals surface area contributed by atoms with E-state index in [-0.39, 0.29) is 5.97 Å². The fourth-order valence-corrected chi connectivity index (χ4v) is 8.54. The highest BCUT2D eigenvalue weighted by Crippen LogP contribution is 2.60. The van der Waals surface area contributed by atoms with Gasteiger partial charge in [-0.3, -0.25) is 0 Å². The molecule has 0 fully saturated rings. The molecule has 0 bridgehead atoms. The summed E-state index contributed by atoms with van der Waals surface area (Å²) in [6.07, 6.45) is 7.97. The van der Waals surface area contributed by atoms with Crippen molar-refractivity contribution >= 4 is 37.0 Å². The number of carbonyl (C=O) groups is 1. The maximum Gasteiger partial charge on any atom is 0.337 e. The third kappa shape index (κ3) is 4.17. The maximum atomic E-state index is 11.8. The van der Waals surface area contributed by atoms with Gasteiger partial charge in [-0.2, -0.15) is 0 Å². The monoisotopic (exact) mass is 472 g/mol. The molecule has 0 amide bonds. The number of methoxy groups -OCH3 is 2. The van der Waals surface area contributed by atoms with Crippen LogP contribution in [0.25, 0.3) is 27.6 Å². The summed E-state index contributed by atoms with van der Waals surface area (Å²) in [6.45, 7) is 0. The van der Waals surface area contributed by atoms with E-state index in [1.54, 1.807) is 18.4 Å². The van der Waals surface area contributed by atoms with Gasteiger partial charge in [0, 0.05) is 15.5 Å². The first-order valence-electron chi connectivity index (χ1n) is 11.0. The third-order valence-corrected chi connectivity index (χ3v) is 9.96. The molecule has 1 unspecified atom stereocenters. The van der Waals surface area contributed by atoms with Gasteiger partial charge in [0.2, 0.25) is 0 Å². The molecule has 5 heteroatoms. The van der Waals surface area contributed by atoms with Crippen molar-refractivity contribution in [2.24, 2.45) is 0 Å². The van der Waals surface area contributed by atoms with E-state index in [0.717, 1.165) is 23.5 Å². The van der Waals surface area contributed by atoms with E-state index in [2.05, 4.69) is 54.6 Å². The number of esters is 1. The minimum atomic E-state index is -0.631. The van der Waals surface area contributed by atoms with Crippen LogP contribution in [0.2, 0.25) is 0 Å². The summed E-state index contributed by atoms with van der Waals surface area (Å²) in [5.41, 5.74) is 4.70. The minimum Gasteiger partial charge on any atom is -0.487 e. The van der Waals surface area contributed by atoms with Gasteiger partial charge in [-0.25, -0.2) is 4.79 Å². The van der Waals surface area contributed by atoms with Crippen LogP contribution < -0.4 is 4.74 Å². The van der Waals surface area contributed by atoms with Gasteiger partial charge in [-0.05, 0) is 71.6 Å². The summed E-state index contributed by atoms with van der Waals surface area (Å²) in [6, 6.07) is 22.8. The van der Waals surface area contributed by atoms with Crippen LogP contribution in [0.5, 0.6) is 5.06 Å². The Balaban J connectivity index is 1.63. The van der Waals surface area contributed by atoms with E-state index in [1.807, 2.05) is 24.3 Å². The van der Waals surface area contributed by atoms with Crippen LogP contribution in [-0.4, -0.2) is 20.2 Å². The Morgan fingerprint density at radius 2 is 1.67 bits per heavy atom. The summed E-state index contributed by atoms with van der Waals surface area (Å²) in [5, 5.41) is 5.28. The summed E-state index contributed by atoms with van der Waals surface area (Å²) in [4.78, 5) is 13.1. The van der Waals surface area contributed by atoms with Crippen LogP contribution in [0.15, 0.2) is 66.7 Å². The van der Waals surface area contributed by atoms with Gasteiger partial charge < -0.3 is 9.47 Å². The summed E-state index contributed by atoms with van der Waals surface area (Å²) >= 11 is 1.74. The third-order valence-electron chi connectivity index (χ3n) is 6.07. The topological polar surface area (TPSA) is 35.5 Å². The molecule has 3 nitrogen and oxygen atoms in total. The molecule has 2 heterocycles. The Morgan fingerprint density at radius 1 is 0.909 bits per heavy atom. The van der Waals surface area contributed by atoms with E-state index in [1.165, 1.54) is 45.4 Å². The molecule has 0 spiro atoms. The molecule has 5 rings (SSSR count). The smallest absolute Gasteiger partial charge is 0.337 e. The van der Waals surface area contributed by atoms with E-state index in [0.29, 0.717) is 5.56 Å². The fourth-order valence-electron chi connectivity index (χ4n) is 4.54. The van der Waals surface area contributed by atoms with Crippen molar-refractivity contribution in [3.63, 3.8) is 0 Å². The van der Waals surface area contributed by atoms with Crippen LogP contribution in [0.1, 0.15) is 38.8 Å². The SMILES string of the molecule is COC(=O)c1ccc(/C=C/c2c3c(c(-c4ccc(OC)s4)p2-c2ccccc2)CCC3)cc1. The molecule has 2 aromatic carbocycles. The van der Waals surface area contributed by atoms with Crippen molar-refractivity contribution in [1.29, 1.82) is 0 Å². The number of benzene rings is 2. The first kappa shape index (κ1) is 21.8. The van der Waals surface area contributed by atoms with E-state index < -0.39 is 7.53 Å². The van der Waals surface area contributed by atoms with Gasteiger partial charge in [0.1, 0.15) is 0 Å². The van der Waals surface area contributed by atoms with Gasteiger partial charge in [-0.15, -0.1) is 0 Å². The molecule has 2 aromatic heterocycles. The molecular formula is C28H25O3PS. The molecule has 33 heavy (non-hydrogen) atoms. The van der Waals surface area contributed by atoms with Crippen molar-refractivity contribution in [2.75, 3.05) is 14.2 Å². The highest BCUT2D eigenvalue weighted by Gasteiger charge is 2.27. The molecule has 0 aliphatic heterocycles. The standard InChI is InChI=1S/C28H25O3PS/c1-30-26-18-17-25(33-26)27-23-10-6-9-22(23)24(32(27)21-7-4-3-5-8-21)16-13-19-11-14-20(15-12-19)28(29)31-2/h3-5,7-8,11-18H,6,9-10H2,1-2H3/b16-13+. The van der Waals surface area contributed by atoms with Crippen molar-refractivity contribution in [3.8, 4) is 20.5 Å². The number of hydrogen-bond acceptors (Lipinski definition) is 4. The Bertz CT molecular complexity index is 1310. The van der Waals surface area contributed by atoms with Crippen molar-refractivity contribution < 1.29 is 14.3 Å². The first-order valence-corrected chi connectivity index (χ1v) is 13.2. The Labute approximate surface area is 199 Å². The van der Waals surface area contributed by atoms with E-state index in [9.17, 15) is 4.79 Å². The van der Waals surface area contributed by atoms with E-state index in [4.69, 9.17) is 9.47 Å². The average molecular weight is 473 g/mol. The zero-order valence-corrected chi connectivity index (χ0v) is 20.4. The second-order valence-electron chi connectivity index (χ2n) is 7.99. The predicted molar refractivity (Wildman–Crippen MR) is 139 cm³/mol. The molecular weight excluding hydrogens is 447 g/mol. The molecule has 1 aliphatic carbocycles. The van der Waals surface area contributed by atoms with Crippen LogP contribution in [0.3, 0.4) is 0 Å². The van der Waals surface area contributed by atoms with Gasteiger partial charge in [0.25, 0.3) is 0 Å². The van der Waals surface area contributed by atoms with Gasteiger partial charge in [0.05, 0.1) is 19.8 Å². The Hall–Kier alpha value is -3.07. The molecule has 1 atom stereocenters. The number of hydrogen-bond donors (Lipinski definition) is 0. The van der Waals surface area contributed by atoms with Crippen molar-refractivity contribution in [3.05, 3.63) is 94.3 Å². The fraction of sp³-hybridized carbons (Fsp3) is 0.179. The lowest BCUT2D eigenvalue weighted by atomic mass is 10.1. The van der Waals surface area contributed by atoms with Crippen LogP contribution in [-0.2, 0) is 17.6 Å². The quantitative estimate of drug-likeness (QED) is 0.268. The number of carbonyl (C=O) groups excluding carboxylic acids is 1. The second-order valence-corrected chi connectivity index (χ2v) is 11.1. The number of ether oxygens (including phenoxy) is 2. The number of rotatable bonds is 6. The summed E-state index contributed by atoms with van der Waals surface area (Å²) in [7, 11) is 2.51. The average Bonchev–Trinajstić information content (AvgIpc) is 3.59. The normalized spacial score (nSPS) is 13.3. The zero-order chi connectivity index (χ0) is 22.8. The second kappa shape index (κ2) is 9.43. The van der Waals surface area contributed by atoms with Gasteiger partial charge in [-0.1, -0.05) is 67.4 Å². The lowest BCUT2D eigenvalue weighted by Gasteiger charge is -2.10. The molecule has 0 radical (unpaired) electrons. The van der Waals surface area contributed by atoms with Gasteiger partial charge in [0.15, 0.2) is 5.06 Å². The number of thiophene rings is 1. The molecule has 4 aromatic rings. The Kier molecular flexibility index (Phi) is 6.22. The minimum absolute atomic E-state index is 0.310. The molecule has 166 valence electrons. The van der Waals surface area contributed by atoms with Crippen LogP contribution in [0, 0.1) is 0 Å². The summed E-state index contributed by atoms with van der Waals surface area (Å²) < 4.78 is 10.3. The maximum absolute atomic E-state index is 11.8. The molecule has 0 N–H and O–H groups in total. The van der Waals surface area contributed by atoms with Crippen LogP contribution in [0.4, 0.5) is 0 Å². The predicted octanol–water partition coefficient (Wildman–Crippen LogP) is 7.85. The molecule has 0 saturated carbocycles.